The van der Waals surface area contributed by atoms with Crippen molar-refractivity contribution in [2.45, 2.75) is 25.8 Å². The summed E-state index contributed by atoms with van der Waals surface area (Å²) in [4.78, 5) is 17.8. The summed E-state index contributed by atoms with van der Waals surface area (Å²) in [6, 6.07) is 3.75. The Kier molecular flexibility index (Phi) is 3.28. The standard InChI is InChI=1S/C12H18N4O/c1-8-6-9(12(14)17)7-11(15-8)16-4-2-10(13)3-5-16/h6-7,10H,2-5,13H2,1H3,(H2,14,17). The topological polar surface area (TPSA) is 85.2 Å². The van der Waals surface area contributed by atoms with E-state index in [-0.39, 0.29) is 6.04 Å². The summed E-state index contributed by atoms with van der Waals surface area (Å²) in [5.41, 5.74) is 12.5. The van der Waals surface area contributed by atoms with Crippen LogP contribution in [0.15, 0.2) is 12.1 Å². The third-order valence-electron chi connectivity index (χ3n) is 3.09. The van der Waals surface area contributed by atoms with Gasteiger partial charge >= 0.3 is 0 Å². The first-order chi connectivity index (χ1) is 8.06. The zero-order valence-corrected chi connectivity index (χ0v) is 10.0. The van der Waals surface area contributed by atoms with Crippen molar-refractivity contribution >= 4 is 11.7 Å². The van der Waals surface area contributed by atoms with Gasteiger partial charge < -0.3 is 16.4 Å². The molecule has 5 heteroatoms. The number of rotatable bonds is 2. The Balaban J connectivity index is 2.23. The Morgan fingerprint density at radius 3 is 2.65 bits per heavy atom. The number of piperidine rings is 1. The summed E-state index contributed by atoms with van der Waals surface area (Å²) in [6.07, 6.45) is 1.92. The molecule has 2 heterocycles. The number of nitrogens with zero attached hydrogens (tertiary/aromatic N) is 2. The van der Waals surface area contributed by atoms with Crippen LogP contribution in [0.2, 0.25) is 0 Å². The summed E-state index contributed by atoms with van der Waals surface area (Å²) >= 11 is 0. The summed E-state index contributed by atoms with van der Waals surface area (Å²) in [5, 5.41) is 0. The van der Waals surface area contributed by atoms with Crippen LogP contribution in [-0.4, -0.2) is 30.0 Å². The van der Waals surface area contributed by atoms with Crippen molar-refractivity contribution in [1.29, 1.82) is 0 Å². The van der Waals surface area contributed by atoms with Crippen LogP contribution in [-0.2, 0) is 0 Å². The second-order valence-electron chi connectivity index (χ2n) is 4.54. The highest BCUT2D eigenvalue weighted by Gasteiger charge is 2.18. The minimum atomic E-state index is -0.412. The molecule has 0 atom stereocenters. The van der Waals surface area contributed by atoms with Crippen LogP contribution >= 0.6 is 0 Å². The van der Waals surface area contributed by atoms with E-state index in [1.54, 1.807) is 12.1 Å². The number of carbonyl (C=O) groups excluding carboxylic acids is 1. The largest absolute Gasteiger partial charge is 0.366 e. The molecule has 1 amide bonds. The van der Waals surface area contributed by atoms with Crippen LogP contribution in [0, 0.1) is 6.92 Å². The fourth-order valence-corrected chi connectivity index (χ4v) is 2.08. The molecule has 1 aromatic heterocycles. The van der Waals surface area contributed by atoms with E-state index in [0.29, 0.717) is 5.56 Å². The van der Waals surface area contributed by atoms with Crippen molar-refractivity contribution < 1.29 is 4.79 Å². The molecule has 1 aromatic rings. The molecule has 5 nitrogen and oxygen atoms in total. The predicted molar refractivity (Wildman–Crippen MR) is 66.9 cm³/mol. The van der Waals surface area contributed by atoms with Gasteiger partial charge in [0.2, 0.25) is 5.91 Å². The van der Waals surface area contributed by atoms with Gasteiger partial charge in [-0.3, -0.25) is 4.79 Å². The number of nitrogens with two attached hydrogens (primary N) is 2. The Bertz CT molecular complexity index is 425. The highest BCUT2D eigenvalue weighted by Crippen LogP contribution is 2.19. The van der Waals surface area contributed by atoms with E-state index in [4.69, 9.17) is 11.5 Å². The van der Waals surface area contributed by atoms with Crippen molar-refractivity contribution in [2.75, 3.05) is 18.0 Å². The third-order valence-corrected chi connectivity index (χ3v) is 3.09. The molecular formula is C12H18N4O. The zero-order chi connectivity index (χ0) is 12.4. The van der Waals surface area contributed by atoms with Gasteiger partial charge in [0.1, 0.15) is 5.82 Å². The molecule has 1 aliphatic heterocycles. The van der Waals surface area contributed by atoms with Crippen molar-refractivity contribution in [1.82, 2.24) is 4.98 Å². The fraction of sp³-hybridized carbons (Fsp3) is 0.500. The molecule has 0 bridgehead atoms. The lowest BCUT2D eigenvalue weighted by atomic mass is 10.1. The van der Waals surface area contributed by atoms with E-state index in [2.05, 4.69) is 9.88 Å². The summed E-state index contributed by atoms with van der Waals surface area (Å²) in [5.74, 6) is 0.413. The Morgan fingerprint density at radius 2 is 2.06 bits per heavy atom. The number of pyridine rings is 1. The van der Waals surface area contributed by atoms with Gasteiger partial charge in [-0.1, -0.05) is 0 Å². The van der Waals surface area contributed by atoms with E-state index in [1.165, 1.54) is 0 Å². The van der Waals surface area contributed by atoms with Crippen LogP contribution in [0.3, 0.4) is 0 Å². The highest BCUT2D eigenvalue weighted by molar-refractivity contribution is 5.93. The first-order valence-corrected chi connectivity index (χ1v) is 5.85. The Hall–Kier alpha value is -1.62. The molecular weight excluding hydrogens is 216 g/mol. The molecule has 0 saturated carbocycles. The fourth-order valence-electron chi connectivity index (χ4n) is 2.08. The van der Waals surface area contributed by atoms with E-state index in [1.807, 2.05) is 6.92 Å². The molecule has 1 aliphatic rings. The lowest BCUT2D eigenvalue weighted by molar-refractivity contribution is 0.1000. The number of hydrogen-bond acceptors (Lipinski definition) is 4. The predicted octanol–water partition coefficient (Wildman–Crippen LogP) is 0.416. The molecule has 0 unspecified atom stereocenters. The van der Waals surface area contributed by atoms with Crippen LogP contribution in [0.4, 0.5) is 5.82 Å². The molecule has 1 fully saturated rings. The van der Waals surface area contributed by atoms with Gasteiger partial charge in [-0.15, -0.1) is 0 Å². The van der Waals surface area contributed by atoms with Crippen LogP contribution < -0.4 is 16.4 Å². The van der Waals surface area contributed by atoms with Crippen LogP contribution in [0.1, 0.15) is 28.9 Å². The lowest BCUT2D eigenvalue weighted by Crippen LogP contribution is -2.40. The molecule has 0 radical (unpaired) electrons. The molecule has 0 spiro atoms. The molecule has 2 rings (SSSR count). The van der Waals surface area contributed by atoms with Gasteiger partial charge in [-0.25, -0.2) is 4.98 Å². The van der Waals surface area contributed by atoms with Gasteiger partial charge in [0.15, 0.2) is 0 Å². The quantitative estimate of drug-likeness (QED) is 0.776. The number of carbonyl (C=O) groups is 1. The van der Waals surface area contributed by atoms with Crippen molar-refractivity contribution in [3.63, 3.8) is 0 Å². The van der Waals surface area contributed by atoms with Gasteiger partial charge in [0.05, 0.1) is 0 Å². The van der Waals surface area contributed by atoms with Crippen molar-refractivity contribution in [2.24, 2.45) is 11.5 Å². The van der Waals surface area contributed by atoms with Crippen molar-refractivity contribution in [3.8, 4) is 0 Å². The van der Waals surface area contributed by atoms with E-state index in [0.717, 1.165) is 37.4 Å². The van der Waals surface area contributed by atoms with Gasteiger partial charge in [0, 0.05) is 30.4 Å². The minimum Gasteiger partial charge on any atom is -0.366 e. The molecule has 4 N–H and O–H groups in total. The lowest BCUT2D eigenvalue weighted by Gasteiger charge is -2.31. The zero-order valence-electron chi connectivity index (χ0n) is 10.0. The van der Waals surface area contributed by atoms with Crippen molar-refractivity contribution in [3.05, 3.63) is 23.4 Å². The average molecular weight is 234 g/mol. The van der Waals surface area contributed by atoms with Gasteiger partial charge in [0.25, 0.3) is 0 Å². The number of hydrogen-bond donors (Lipinski definition) is 2. The van der Waals surface area contributed by atoms with Crippen LogP contribution in [0.25, 0.3) is 0 Å². The SMILES string of the molecule is Cc1cc(C(N)=O)cc(N2CCC(N)CC2)n1. The Morgan fingerprint density at radius 1 is 1.41 bits per heavy atom. The molecule has 0 aromatic carbocycles. The van der Waals surface area contributed by atoms with E-state index < -0.39 is 5.91 Å². The molecule has 17 heavy (non-hydrogen) atoms. The summed E-state index contributed by atoms with van der Waals surface area (Å²) in [7, 11) is 0. The Labute approximate surface area is 101 Å². The first-order valence-electron chi connectivity index (χ1n) is 5.85. The number of primary amides is 1. The number of aryl methyl sites for hydroxylation is 1. The maximum Gasteiger partial charge on any atom is 0.248 e. The summed E-state index contributed by atoms with van der Waals surface area (Å²) < 4.78 is 0. The average Bonchev–Trinajstić information content (AvgIpc) is 2.29. The minimum absolute atomic E-state index is 0.284. The smallest absolute Gasteiger partial charge is 0.248 e. The second-order valence-corrected chi connectivity index (χ2v) is 4.54. The first kappa shape index (κ1) is 11.9. The number of aromatic nitrogens is 1. The third kappa shape index (κ3) is 2.74. The number of anilines is 1. The van der Waals surface area contributed by atoms with Crippen LogP contribution in [0.5, 0.6) is 0 Å². The normalized spacial score (nSPS) is 17.2. The summed E-state index contributed by atoms with van der Waals surface area (Å²) in [6.45, 7) is 3.64. The van der Waals surface area contributed by atoms with Gasteiger partial charge in [-0.05, 0) is 31.9 Å². The maximum atomic E-state index is 11.2. The maximum absolute atomic E-state index is 11.2. The van der Waals surface area contributed by atoms with E-state index in [9.17, 15) is 4.79 Å². The molecule has 92 valence electrons. The van der Waals surface area contributed by atoms with Gasteiger partial charge in [-0.2, -0.15) is 0 Å². The second kappa shape index (κ2) is 4.71. The number of amides is 1. The molecule has 0 aliphatic carbocycles. The molecule has 1 saturated heterocycles. The van der Waals surface area contributed by atoms with E-state index >= 15 is 0 Å². The monoisotopic (exact) mass is 234 g/mol. The highest BCUT2D eigenvalue weighted by atomic mass is 16.1.